The Labute approximate surface area is 65.8 Å². The maximum atomic E-state index is 10.3. The number of rotatable bonds is 5. The van der Waals surface area contributed by atoms with Crippen molar-refractivity contribution in [1.82, 2.24) is 4.90 Å². The third kappa shape index (κ3) is 2.48. The summed E-state index contributed by atoms with van der Waals surface area (Å²) in [5.41, 5.74) is 0. The molecule has 4 nitrogen and oxygen atoms in total. The van der Waals surface area contributed by atoms with E-state index >= 15 is 0 Å². The molecule has 1 fully saturated rings. The Balaban J connectivity index is 2.00. The lowest BCUT2D eigenvalue weighted by molar-refractivity contribution is -0.137. The van der Waals surface area contributed by atoms with Gasteiger partial charge in [-0.2, -0.15) is 0 Å². The monoisotopic (exact) mass is 159 g/mol. The van der Waals surface area contributed by atoms with E-state index < -0.39 is 5.97 Å². The fraction of sp³-hybridized carbons (Fsp3) is 0.857. The fourth-order valence-electron chi connectivity index (χ4n) is 1.07. The quantitative estimate of drug-likeness (QED) is 0.445. The summed E-state index contributed by atoms with van der Waals surface area (Å²) in [6.45, 7) is 2.26. The lowest BCUT2D eigenvalue weighted by Crippen LogP contribution is -2.13. The van der Waals surface area contributed by atoms with Crippen LogP contribution in [0.1, 0.15) is 6.42 Å². The van der Waals surface area contributed by atoms with Crippen LogP contribution in [0.25, 0.3) is 0 Å². The normalized spacial score (nSPS) is 28.5. The molecule has 2 atom stereocenters. The number of methoxy groups -OCH3 is 1. The number of carboxylic acids is 1. The van der Waals surface area contributed by atoms with Gasteiger partial charge in [0, 0.05) is 26.8 Å². The highest BCUT2D eigenvalue weighted by Crippen LogP contribution is 2.16. The summed E-state index contributed by atoms with van der Waals surface area (Å²) in [6, 6.07) is -0.216. The van der Waals surface area contributed by atoms with Crippen molar-refractivity contribution in [2.45, 2.75) is 12.5 Å². The van der Waals surface area contributed by atoms with Crippen molar-refractivity contribution in [3.63, 3.8) is 0 Å². The Hall–Kier alpha value is -0.610. The van der Waals surface area contributed by atoms with Crippen LogP contribution in [0, 0.1) is 0 Å². The number of hydrogen-bond acceptors (Lipinski definition) is 3. The van der Waals surface area contributed by atoms with Crippen LogP contribution in [0.3, 0.4) is 0 Å². The first-order valence-corrected chi connectivity index (χ1v) is 3.71. The zero-order chi connectivity index (χ0) is 8.27. The van der Waals surface area contributed by atoms with Crippen molar-refractivity contribution in [3.8, 4) is 0 Å². The number of ether oxygens (including phenoxy) is 1. The first-order chi connectivity index (χ1) is 5.25. The molecule has 11 heavy (non-hydrogen) atoms. The highest BCUT2D eigenvalue weighted by molar-refractivity contribution is 5.76. The molecule has 1 aliphatic heterocycles. The van der Waals surface area contributed by atoms with E-state index in [0.717, 1.165) is 13.0 Å². The molecule has 0 amide bonds. The number of aliphatic carboxylic acids is 1. The van der Waals surface area contributed by atoms with Gasteiger partial charge in [-0.05, 0) is 6.42 Å². The van der Waals surface area contributed by atoms with Crippen LogP contribution in [-0.2, 0) is 9.53 Å². The molecule has 0 spiro atoms. The minimum Gasteiger partial charge on any atom is -0.480 e. The van der Waals surface area contributed by atoms with E-state index in [-0.39, 0.29) is 6.04 Å². The van der Waals surface area contributed by atoms with E-state index in [9.17, 15) is 4.79 Å². The van der Waals surface area contributed by atoms with E-state index in [1.165, 1.54) is 0 Å². The van der Waals surface area contributed by atoms with Gasteiger partial charge in [-0.25, -0.2) is 0 Å². The lowest BCUT2D eigenvalue weighted by atomic mass is 10.4. The van der Waals surface area contributed by atoms with Gasteiger partial charge in [0.1, 0.15) is 6.04 Å². The molecule has 0 aromatic heterocycles. The van der Waals surface area contributed by atoms with E-state index in [1.54, 1.807) is 7.11 Å². The van der Waals surface area contributed by atoms with E-state index in [1.807, 2.05) is 4.90 Å². The predicted octanol–water partition coefficient (Wildman–Crippen LogP) is -0.208. The van der Waals surface area contributed by atoms with Crippen LogP contribution in [0.4, 0.5) is 0 Å². The van der Waals surface area contributed by atoms with Gasteiger partial charge in [-0.1, -0.05) is 0 Å². The molecular formula is C7H13NO3. The molecule has 0 aromatic carbocycles. The second kappa shape index (κ2) is 3.69. The zero-order valence-electron chi connectivity index (χ0n) is 6.62. The first-order valence-electron chi connectivity index (χ1n) is 3.71. The van der Waals surface area contributed by atoms with Crippen LogP contribution in [-0.4, -0.2) is 48.8 Å². The maximum absolute atomic E-state index is 10.3. The van der Waals surface area contributed by atoms with Crippen molar-refractivity contribution >= 4 is 5.97 Å². The van der Waals surface area contributed by atoms with Crippen LogP contribution in [0.5, 0.6) is 0 Å². The summed E-state index contributed by atoms with van der Waals surface area (Å²) in [7, 11) is 1.65. The second-order valence-electron chi connectivity index (χ2n) is 2.70. The van der Waals surface area contributed by atoms with Gasteiger partial charge in [0.15, 0.2) is 0 Å². The van der Waals surface area contributed by atoms with Crippen molar-refractivity contribution in [2.75, 3.05) is 26.8 Å². The maximum Gasteiger partial charge on any atom is 0.322 e. The zero-order valence-corrected chi connectivity index (χ0v) is 6.62. The predicted molar refractivity (Wildman–Crippen MR) is 39.5 cm³/mol. The molecule has 0 saturated carbocycles. The molecule has 64 valence electrons. The van der Waals surface area contributed by atoms with Crippen molar-refractivity contribution in [1.29, 1.82) is 0 Å². The first kappa shape index (κ1) is 8.49. The third-order valence-corrected chi connectivity index (χ3v) is 1.79. The molecule has 0 aliphatic carbocycles. The smallest absolute Gasteiger partial charge is 0.322 e. The summed E-state index contributed by atoms with van der Waals surface area (Å²) in [5.74, 6) is -0.706. The molecule has 1 aliphatic rings. The van der Waals surface area contributed by atoms with Gasteiger partial charge < -0.3 is 9.84 Å². The van der Waals surface area contributed by atoms with E-state index in [0.29, 0.717) is 13.2 Å². The Kier molecular flexibility index (Phi) is 2.84. The van der Waals surface area contributed by atoms with Crippen LogP contribution >= 0.6 is 0 Å². The van der Waals surface area contributed by atoms with Gasteiger partial charge in [-0.3, -0.25) is 9.69 Å². The highest BCUT2D eigenvalue weighted by Gasteiger charge is 2.39. The number of hydrogen-bond donors (Lipinski definition) is 1. The van der Waals surface area contributed by atoms with Gasteiger partial charge in [0.05, 0.1) is 0 Å². The summed E-state index contributed by atoms with van der Waals surface area (Å²) in [4.78, 5) is 12.2. The number of nitrogens with zero attached hydrogens (tertiary/aromatic N) is 1. The van der Waals surface area contributed by atoms with Crippen molar-refractivity contribution < 1.29 is 14.6 Å². The van der Waals surface area contributed by atoms with Crippen LogP contribution < -0.4 is 0 Å². The molecule has 1 saturated heterocycles. The molecule has 4 heteroatoms. The SMILES string of the molecule is COCCCN1C[C@@H]1C(=O)O. The van der Waals surface area contributed by atoms with Crippen LogP contribution in [0.2, 0.25) is 0 Å². The summed E-state index contributed by atoms with van der Waals surface area (Å²) in [6.07, 6.45) is 0.917. The van der Waals surface area contributed by atoms with Crippen molar-refractivity contribution in [2.24, 2.45) is 0 Å². The average Bonchev–Trinajstić information content (AvgIpc) is 2.68. The van der Waals surface area contributed by atoms with E-state index in [4.69, 9.17) is 9.84 Å². The molecule has 1 heterocycles. The fourth-order valence-corrected chi connectivity index (χ4v) is 1.07. The van der Waals surface area contributed by atoms with E-state index in [2.05, 4.69) is 0 Å². The van der Waals surface area contributed by atoms with Gasteiger partial charge in [0.2, 0.25) is 0 Å². The minimum absolute atomic E-state index is 0.216. The molecule has 0 bridgehead atoms. The summed E-state index contributed by atoms with van der Waals surface area (Å²) >= 11 is 0. The largest absolute Gasteiger partial charge is 0.480 e. The van der Waals surface area contributed by atoms with Crippen molar-refractivity contribution in [3.05, 3.63) is 0 Å². The Morgan fingerprint density at radius 3 is 3.00 bits per heavy atom. The topological polar surface area (TPSA) is 49.5 Å². The molecule has 1 unspecified atom stereocenters. The molecule has 1 rings (SSSR count). The molecule has 1 N–H and O–H groups in total. The second-order valence-corrected chi connectivity index (χ2v) is 2.70. The van der Waals surface area contributed by atoms with Crippen LogP contribution in [0.15, 0.2) is 0 Å². The third-order valence-electron chi connectivity index (χ3n) is 1.79. The number of carboxylic acid groups (broad SMARTS) is 1. The Morgan fingerprint density at radius 2 is 2.55 bits per heavy atom. The minimum atomic E-state index is -0.706. The van der Waals surface area contributed by atoms with Gasteiger partial charge in [-0.15, -0.1) is 0 Å². The van der Waals surface area contributed by atoms with Gasteiger partial charge >= 0.3 is 5.97 Å². The highest BCUT2D eigenvalue weighted by atomic mass is 16.5. The standard InChI is InChI=1S/C7H13NO3/c1-11-4-2-3-8-5-6(8)7(9)10/h6H,2-5H2,1H3,(H,9,10)/t6-,8?/m1/s1. The summed E-state index contributed by atoms with van der Waals surface area (Å²) in [5, 5.41) is 8.51. The lowest BCUT2D eigenvalue weighted by Gasteiger charge is -1.99. The Morgan fingerprint density at radius 1 is 1.82 bits per heavy atom. The number of carbonyl (C=O) groups is 1. The van der Waals surface area contributed by atoms with Gasteiger partial charge in [0.25, 0.3) is 0 Å². The molecular weight excluding hydrogens is 146 g/mol. The average molecular weight is 159 g/mol. The summed E-state index contributed by atoms with van der Waals surface area (Å²) < 4.78 is 4.84. The Bertz CT molecular complexity index is 149. The molecule has 0 aromatic rings. The molecule has 0 radical (unpaired) electrons.